The molecule has 0 saturated carbocycles. The van der Waals surface area contributed by atoms with Crippen LogP contribution in [-0.4, -0.2) is 27.2 Å². The van der Waals surface area contributed by atoms with Crippen molar-refractivity contribution in [2.24, 2.45) is 0 Å². The number of aromatic nitrogens is 3. The zero-order chi connectivity index (χ0) is 14.1. The van der Waals surface area contributed by atoms with E-state index in [0.29, 0.717) is 5.69 Å². The minimum absolute atomic E-state index is 0.162. The minimum atomic E-state index is 0.162. The van der Waals surface area contributed by atoms with Crippen molar-refractivity contribution >= 4 is 11.0 Å². The van der Waals surface area contributed by atoms with Crippen molar-refractivity contribution in [2.75, 3.05) is 7.11 Å². The number of benzene rings is 2. The average Bonchev–Trinajstić information content (AvgIpc) is 2.90. The Bertz CT molecular complexity index is 765. The van der Waals surface area contributed by atoms with Gasteiger partial charge in [-0.25, -0.2) is 0 Å². The van der Waals surface area contributed by atoms with Crippen molar-refractivity contribution in [1.82, 2.24) is 15.0 Å². The molecule has 0 atom stereocenters. The van der Waals surface area contributed by atoms with Gasteiger partial charge in [0.1, 0.15) is 28.2 Å². The van der Waals surface area contributed by atoms with Crippen molar-refractivity contribution in [1.29, 1.82) is 0 Å². The van der Waals surface area contributed by atoms with Crippen molar-refractivity contribution in [3.05, 3.63) is 42.0 Å². The van der Waals surface area contributed by atoms with Crippen LogP contribution in [0.2, 0.25) is 0 Å². The van der Waals surface area contributed by atoms with Gasteiger partial charge in [-0.05, 0) is 36.2 Å². The third-order valence-electron chi connectivity index (χ3n) is 3.25. The summed E-state index contributed by atoms with van der Waals surface area (Å²) < 4.78 is 5.17. The number of phenolic OH excluding ortho intramolecular Hbond substituents is 1. The van der Waals surface area contributed by atoms with Crippen LogP contribution < -0.4 is 4.74 Å². The quantitative estimate of drug-likeness (QED) is 0.794. The van der Waals surface area contributed by atoms with Crippen LogP contribution in [0, 0.1) is 0 Å². The number of aromatic hydroxyl groups is 1. The van der Waals surface area contributed by atoms with Crippen LogP contribution in [0.3, 0.4) is 0 Å². The summed E-state index contributed by atoms with van der Waals surface area (Å²) in [5.41, 5.74) is 3.19. The molecule has 0 spiro atoms. The van der Waals surface area contributed by atoms with E-state index in [1.54, 1.807) is 13.2 Å². The molecule has 0 aliphatic heterocycles. The predicted molar refractivity (Wildman–Crippen MR) is 76.5 cm³/mol. The van der Waals surface area contributed by atoms with Crippen LogP contribution in [-0.2, 0) is 6.42 Å². The maximum Gasteiger partial charge on any atom is 0.143 e. The topological polar surface area (TPSA) is 60.2 Å². The molecular weight excluding hydrogens is 254 g/mol. The van der Waals surface area contributed by atoms with Gasteiger partial charge in [-0.2, -0.15) is 0 Å². The third-order valence-corrected chi connectivity index (χ3v) is 3.25. The molecule has 1 aromatic heterocycles. The fraction of sp³-hybridized carbons (Fsp3) is 0.200. The number of hydrogen-bond acceptors (Lipinski definition) is 4. The standard InChI is InChI=1S/C15H15N3O2/c1-3-10-4-7-15(19)14(8-10)18-16-12-6-5-11(20-2)9-13(12)17-18/h4-9,19H,3H2,1-2H3. The molecule has 1 heterocycles. The lowest BCUT2D eigenvalue weighted by atomic mass is 10.1. The highest BCUT2D eigenvalue weighted by Crippen LogP contribution is 2.24. The number of ether oxygens (including phenoxy) is 1. The summed E-state index contributed by atoms with van der Waals surface area (Å²) in [6, 6.07) is 11.0. The van der Waals surface area contributed by atoms with Crippen LogP contribution >= 0.6 is 0 Å². The fourth-order valence-corrected chi connectivity index (χ4v) is 2.08. The van der Waals surface area contributed by atoms with E-state index in [1.807, 2.05) is 30.3 Å². The molecule has 5 nitrogen and oxygen atoms in total. The molecule has 20 heavy (non-hydrogen) atoms. The van der Waals surface area contributed by atoms with Crippen molar-refractivity contribution in [3.8, 4) is 17.2 Å². The molecule has 2 aromatic carbocycles. The van der Waals surface area contributed by atoms with Gasteiger partial charge in [-0.15, -0.1) is 15.0 Å². The van der Waals surface area contributed by atoms with Gasteiger partial charge in [-0.1, -0.05) is 13.0 Å². The highest BCUT2D eigenvalue weighted by Gasteiger charge is 2.10. The molecule has 0 saturated heterocycles. The molecule has 102 valence electrons. The van der Waals surface area contributed by atoms with E-state index in [0.717, 1.165) is 28.8 Å². The highest BCUT2D eigenvalue weighted by molar-refractivity contribution is 5.75. The summed E-state index contributed by atoms with van der Waals surface area (Å²) in [5, 5.41) is 18.8. The monoisotopic (exact) mass is 269 g/mol. The maximum atomic E-state index is 9.98. The number of nitrogens with zero attached hydrogens (tertiary/aromatic N) is 3. The van der Waals surface area contributed by atoms with E-state index >= 15 is 0 Å². The van der Waals surface area contributed by atoms with Gasteiger partial charge >= 0.3 is 0 Å². The van der Waals surface area contributed by atoms with Gasteiger partial charge in [0.2, 0.25) is 0 Å². The predicted octanol–water partition coefficient (Wildman–Crippen LogP) is 2.70. The number of fused-ring (bicyclic) bond motifs is 1. The van der Waals surface area contributed by atoms with E-state index in [9.17, 15) is 5.11 Å². The summed E-state index contributed by atoms with van der Waals surface area (Å²) in [6.07, 6.45) is 0.891. The first-order valence-corrected chi connectivity index (χ1v) is 6.44. The molecule has 0 fully saturated rings. The van der Waals surface area contributed by atoms with Crippen molar-refractivity contribution in [2.45, 2.75) is 13.3 Å². The Kier molecular flexibility index (Phi) is 3.02. The molecule has 0 radical (unpaired) electrons. The van der Waals surface area contributed by atoms with E-state index in [4.69, 9.17) is 4.74 Å². The van der Waals surface area contributed by atoms with Crippen LogP contribution in [0.15, 0.2) is 36.4 Å². The summed E-state index contributed by atoms with van der Waals surface area (Å²) in [7, 11) is 1.61. The highest BCUT2D eigenvalue weighted by atomic mass is 16.5. The smallest absolute Gasteiger partial charge is 0.143 e. The molecule has 0 amide bonds. The molecule has 3 aromatic rings. The summed E-state index contributed by atoms with van der Waals surface area (Å²) in [5.74, 6) is 0.894. The zero-order valence-corrected chi connectivity index (χ0v) is 11.4. The normalized spacial score (nSPS) is 10.9. The Morgan fingerprint density at radius 1 is 1.10 bits per heavy atom. The zero-order valence-electron chi connectivity index (χ0n) is 11.4. The number of phenols is 1. The average molecular weight is 269 g/mol. The van der Waals surface area contributed by atoms with Gasteiger partial charge in [0.15, 0.2) is 0 Å². The first-order valence-electron chi connectivity index (χ1n) is 6.44. The lowest BCUT2D eigenvalue weighted by molar-refractivity contribution is 0.415. The molecule has 5 heteroatoms. The molecular formula is C15H15N3O2. The van der Waals surface area contributed by atoms with Crippen LogP contribution in [0.1, 0.15) is 12.5 Å². The minimum Gasteiger partial charge on any atom is -0.506 e. The van der Waals surface area contributed by atoms with Crippen molar-refractivity contribution in [3.63, 3.8) is 0 Å². The lowest BCUT2D eigenvalue weighted by Gasteiger charge is -2.04. The van der Waals surface area contributed by atoms with E-state index < -0.39 is 0 Å². The van der Waals surface area contributed by atoms with Crippen LogP contribution in [0.4, 0.5) is 0 Å². The Morgan fingerprint density at radius 2 is 1.90 bits per heavy atom. The second kappa shape index (κ2) is 4.85. The maximum absolute atomic E-state index is 9.98. The summed E-state index contributed by atoms with van der Waals surface area (Å²) in [4.78, 5) is 1.46. The van der Waals surface area contributed by atoms with Crippen molar-refractivity contribution < 1.29 is 9.84 Å². The number of rotatable bonds is 3. The molecule has 0 aliphatic carbocycles. The Balaban J connectivity index is 2.14. The van der Waals surface area contributed by atoms with Gasteiger partial charge in [0, 0.05) is 6.07 Å². The van der Waals surface area contributed by atoms with Gasteiger partial charge in [0.25, 0.3) is 0 Å². The lowest BCUT2D eigenvalue weighted by Crippen LogP contribution is -1.99. The Labute approximate surface area is 116 Å². The molecule has 0 bridgehead atoms. The first kappa shape index (κ1) is 12.5. The molecule has 0 aliphatic rings. The Hall–Kier alpha value is -2.56. The second-order valence-electron chi connectivity index (χ2n) is 4.52. The fourth-order valence-electron chi connectivity index (χ4n) is 2.08. The number of methoxy groups -OCH3 is 1. The van der Waals surface area contributed by atoms with E-state index in [1.165, 1.54) is 4.80 Å². The Morgan fingerprint density at radius 3 is 2.65 bits per heavy atom. The van der Waals surface area contributed by atoms with E-state index in [2.05, 4.69) is 17.1 Å². The summed E-state index contributed by atoms with van der Waals surface area (Å²) in [6.45, 7) is 2.06. The first-order chi connectivity index (χ1) is 9.71. The number of aryl methyl sites for hydroxylation is 1. The molecule has 0 unspecified atom stereocenters. The second-order valence-corrected chi connectivity index (χ2v) is 4.52. The SMILES string of the molecule is CCc1ccc(O)c(-n2nc3ccc(OC)cc3n2)c1. The van der Waals surface area contributed by atoms with Gasteiger partial charge in [-0.3, -0.25) is 0 Å². The van der Waals surface area contributed by atoms with Crippen LogP contribution in [0.25, 0.3) is 16.7 Å². The van der Waals surface area contributed by atoms with Crippen LogP contribution in [0.5, 0.6) is 11.5 Å². The number of hydrogen-bond donors (Lipinski definition) is 1. The summed E-state index contributed by atoms with van der Waals surface area (Å²) >= 11 is 0. The van der Waals surface area contributed by atoms with E-state index in [-0.39, 0.29) is 5.75 Å². The molecule has 3 rings (SSSR count). The molecule has 1 N–H and O–H groups in total. The largest absolute Gasteiger partial charge is 0.506 e. The van der Waals surface area contributed by atoms with Gasteiger partial charge < -0.3 is 9.84 Å². The third kappa shape index (κ3) is 2.07. The van der Waals surface area contributed by atoms with Gasteiger partial charge in [0.05, 0.1) is 7.11 Å².